The van der Waals surface area contributed by atoms with E-state index >= 15 is 0 Å². The van der Waals surface area contributed by atoms with E-state index in [9.17, 15) is 0 Å². The van der Waals surface area contributed by atoms with Crippen molar-refractivity contribution in [2.45, 2.75) is 0 Å². The molecule has 2 aromatic heterocycles. The van der Waals surface area contributed by atoms with E-state index in [1.54, 1.807) is 7.11 Å². The predicted octanol–water partition coefficient (Wildman–Crippen LogP) is 5.56. The Labute approximate surface area is 144 Å². The van der Waals surface area contributed by atoms with Crippen molar-refractivity contribution in [2.75, 3.05) is 7.11 Å². The molecular formula is C20H15ClN2O. The van der Waals surface area contributed by atoms with Crippen molar-refractivity contribution >= 4 is 22.5 Å². The number of rotatable bonds is 3. The average molecular weight is 335 g/mol. The number of pyridine rings is 1. The van der Waals surface area contributed by atoms with Gasteiger partial charge in [-0.05, 0) is 42.0 Å². The fourth-order valence-corrected chi connectivity index (χ4v) is 2.98. The van der Waals surface area contributed by atoms with E-state index in [0.717, 1.165) is 43.9 Å². The minimum Gasteiger partial charge on any atom is -0.497 e. The molecule has 0 fully saturated rings. The number of nitrogens with one attached hydrogen (secondary N) is 1. The number of methoxy groups -OCH3 is 1. The van der Waals surface area contributed by atoms with Crippen molar-refractivity contribution in [3.05, 3.63) is 72.1 Å². The summed E-state index contributed by atoms with van der Waals surface area (Å²) in [6.07, 6.45) is 5.75. The van der Waals surface area contributed by atoms with Crippen molar-refractivity contribution in [2.24, 2.45) is 0 Å². The molecule has 0 saturated heterocycles. The summed E-state index contributed by atoms with van der Waals surface area (Å²) < 4.78 is 5.34. The van der Waals surface area contributed by atoms with Crippen LogP contribution in [-0.4, -0.2) is 17.1 Å². The lowest BCUT2D eigenvalue weighted by Crippen LogP contribution is -1.84. The molecule has 0 aliphatic carbocycles. The summed E-state index contributed by atoms with van der Waals surface area (Å²) in [4.78, 5) is 7.71. The Kier molecular flexibility index (Phi) is 3.71. The lowest BCUT2D eigenvalue weighted by atomic mass is 10.0. The number of H-pyrrole nitrogens is 1. The third kappa shape index (κ3) is 2.63. The number of benzene rings is 2. The molecule has 4 heteroatoms. The van der Waals surface area contributed by atoms with Crippen molar-refractivity contribution in [3.8, 4) is 28.0 Å². The van der Waals surface area contributed by atoms with Crippen LogP contribution < -0.4 is 4.74 Å². The number of ether oxygens (including phenoxy) is 1. The number of halogens is 1. The highest BCUT2D eigenvalue weighted by Gasteiger charge is 2.09. The SMILES string of the molecule is COc1ccc2[nH]cc(-c3cncc(-c4ccc(Cl)cc4)c3)c2c1. The van der Waals surface area contributed by atoms with Crippen LogP contribution in [0, 0.1) is 0 Å². The molecule has 0 bridgehead atoms. The number of aromatic nitrogens is 2. The van der Waals surface area contributed by atoms with Gasteiger partial charge in [-0.3, -0.25) is 4.98 Å². The first-order valence-electron chi connectivity index (χ1n) is 7.61. The van der Waals surface area contributed by atoms with Crippen molar-refractivity contribution in [1.29, 1.82) is 0 Å². The molecule has 2 aromatic carbocycles. The molecule has 0 saturated carbocycles. The maximum absolute atomic E-state index is 5.97. The van der Waals surface area contributed by atoms with Gasteiger partial charge in [-0.1, -0.05) is 23.7 Å². The zero-order chi connectivity index (χ0) is 16.5. The first-order valence-corrected chi connectivity index (χ1v) is 7.99. The molecular weight excluding hydrogens is 320 g/mol. The van der Waals surface area contributed by atoms with Crippen LogP contribution in [0.2, 0.25) is 5.02 Å². The van der Waals surface area contributed by atoms with Crippen molar-refractivity contribution < 1.29 is 4.74 Å². The molecule has 0 spiro atoms. The Hall–Kier alpha value is -2.78. The second kappa shape index (κ2) is 6.02. The van der Waals surface area contributed by atoms with Gasteiger partial charge < -0.3 is 9.72 Å². The third-order valence-corrected chi connectivity index (χ3v) is 4.37. The molecule has 0 aliphatic heterocycles. The highest BCUT2D eigenvalue weighted by molar-refractivity contribution is 6.30. The largest absolute Gasteiger partial charge is 0.497 e. The van der Waals surface area contributed by atoms with Crippen LogP contribution in [0.5, 0.6) is 5.75 Å². The normalized spacial score (nSPS) is 10.9. The number of hydrogen-bond donors (Lipinski definition) is 1. The zero-order valence-corrected chi connectivity index (χ0v) is 13.8. The first kappa shape index (κ1) is 14.8. The first-order chi connectivity index (χ1) is 11.7. The van der Waals surface area contributed by atoms with Crippen molar-refractivity contribution in [3.63, 3.8) is 0 Å². The maximum atomic E-state index is 5.97. The minimum atomic E-state index is 0.728. The van der Waals surface area contributed by atoms with E-state index in [1.165, 1.54) is 0 Å². The second-order valence-corrected chi connectivity index (χ2v) is 6.02. The maximum Gasteiger partial charge on any atom is 0.119 e. The van der Waals surface area contributed by atoms with Crippen LogP contribution >= 0.6 is 11.6 Å². The molecule has 0 aliphatic rings. The Bertz CT molecular complexity index is 1010. The molecule has 4 rings (SSSR count). The Morgan fingerprint density at radius 1 is 0.917 bits per heavy atom. The summed E-state index contributed by atoms with van der Waals surface area (Å²) in [5.41, 5.74) is 5.38. The quantitative estimate of drug-likeness (QED) is 0.532. The molecule has 0 radical (unpaired) electrons. The highest BCUT2D eigenvalue weighted by atomic mass is 35.5. The number of aromatic amines is 1. The van der Waals surface area contributed by atoms with Gasteiger partial charge in [0.2, 0.25) is 0 Å². The topological polar surface area (TPSA) is 37.9 Å². The van der Waals surface area contributed by atoms with Gasteiger partial charge in [0.1, 0.15) is 5.75 Å². The van der Waals surface area contributed by atoms with Gasteiger partial charge in [0.05, 0.1) is 7.11 Å². The van der Waals surface area contributed by atoms with E-state index in [1.807, 2.05) is 61.1 Å². The minimum absolute atomic E-state index is 0.728. The lowest BCUT2D eigenvalue weighted by Gasteiger charge is -2.06. The monoisotopic (exact) mass is 334 g/mol. The van der Waals surface area contributed by atoms with Crippen LogP contribution in [0.25, 0.3) is 33.2 Å². The van der Waals surface area contributed by atoms with Gasteiger partial charge in [0, 0.05) is 51.2 Å². The lowest BCUT2D eigenvalue weighted by molar-refractivity contribution is 0.415. The summed E-state index contributed by atoms with van der Waals surface area (Å²) >= 11 is 5.97. The molecule has 4 aromatic rings. The molecule has 0 amide bonds. The van der Waals surface area contributed by atoms with Gasteiger partial charge in [-0.15, -0.1) is 0 Å². The molecule has 118 valence electrons. The summed E-state index contributed by atoms with van der Waals surface area (Å²) in [5, 5.41) is 1.84. The van der Waals surface area contributed by atoms with Crippen LogP contribution in [0.3, 0.4) is 0 Å². The summed E-state index contributed by atoms with van der Waals surface area (Å²) in [6, 6.07) is 15.9. The van der Waals surface area contributed by atoms with E-state index in [0.29, 0.717) is 0 Å². The predicted molar refractivity (Wildman–Crippen MR) is 98.5 cm³/mol. The van der Waals surface area contributed by atoms with Gasteiger partial charge in [-0.25, -0.2) is 0 Å². The summed E-state index contributed by atoms with van der Waals surface area (Å²) in [6.45, 7) is 0. The Balaban J connectivity index is 1.82. The summed E-state index contributed by atoms with van der Waals surface area (Å²) in [7, 11) is 1.68. The van der Waals surface area contributed by atoms with Gasteiger partial charge in [0.15, 0.2) is 0 Å². The van der Waals surface area contributed by atoms with E-state index in [4.69, 9.17) is 16.3 Å². The zero-order valence-electron chi connectivity index (χ0n) is 13.1. The fourth-order valence-electron chi connectivity index (χ4n) is 2.85. The molecule has 24 heavy (non-hydrogen) atoms. The Morgan fingerprint density at radius 3 is 2.50 bits per heavy atom. The average Bonchev–Trinajstić information content (AvgIpc) is 3.05. The smallest absolute Gasteiger partial charge is 0.119 e. The molecule has 0 unspecified atom stereocenters. The molecule has 2 heterocycles. The fraction of sp³-hybridized carbons (Fsp3) is 0.0500. The van der Waals surface area contributed by atoms with Gasteiger partial charge >= 0.3 is 0 Å². The molecule has 0 atom stereocenters. The molecule has 3 nitrogen and oxygen atoms in total. The van der Waals surface area contributed by atoms with Gasteiger partial charge in [0.25, 0.3) is 0 Å². The van der Waals surface area contributed by atoms with Crippen LogP contribution in [0.15, 0.2) is 67.1 Å². The van der Waals surface area contributed by atoms with Crippen molar-refractivity contribution in [1.82, 2.24) is 9.97 Å². The number of fused-ring (bicyclic) bond motifs is 1. The van der Waals surface area contributed by atoms with E-state index < -0.39 is 0 Å². The highest BCUT2D eigenvalue weighted by Crippen LogP contribution is 2.33. The van der Waals surface area contributed by atoms with Crippen LogP contribution in [0.4, 0.5) is 0 Å². The summed E-state index contributed by atoms with van der Waals surface area (Å²) in [5.74, 6) is 0.838. The van der Waals surface area contributed by atoms with Crippen LogP contribution in [0.1, 0.15) is 0 Å². The third-order valence-electron chi connectivity index (χ3n) is 4.12. The second-order valence-electron chi connectivity index (χ2n) is 5.58. The van der Waals surface area contributed by atoms with E-state index in [-0.39, 0.29) is 0 Å². The van der Waals surface area contributed by atoms with E-state index in [2.05, 4.69) is 16.0 Å². The number of hydrogen-bond acceptors (Lipinski definition) is 2. The molecule has 1 N–H and O–H groups in total. The standard InChI is InChI=1S/C20H15ClN2O/c1-24-17-6-7-20-18(9-17)19(12-23-20)15-8-14(10-22-11-15)13-2-4-16(21)5-3-13/h2-12,23H,1H3. The van der Waals surface area contributed by atoms with Crippen LogP contribution in [-0.2, 0) is 0 Å². The van der Waals surface area contributed by atoms with Gasteiger partial charge in [-0.2, -0.15) is 0 Å². The Morgan fingerprint density at radius 2 is 1.71 bits per heavy atom. The number of nitrogens with zero attached hydrogens (tertiary/aromatic N) is 1.